The van der Waals surface area contributed by atoms with Crippen LogP contribution in [0, 0.1) is 6.92 Å². The van der Waals surface area contributed by atoms with Gasteiger partial charge in [0.2, 0.25) is 10.0 Å². The zero-order chi connectivity index (χ0) is 19.4. The molecule has 0 aromatic heterocycles. The number of rotatable bonds is 6. The zero-order valence-electron chi connectivity index (χ0n) is 15.9. The number of nitrogens with zero attached hydrogens (tertiary/aromatic N) is 2. The number of benzene rings is 2. The summed E-state index contributed by atoms with van der Waals surface area (Å²) in [5, 5.41) is 0. The van der Waals surface area contributed by atoms with Gasteiger partial charge >= 0.3 is 0 Å². The molecule has 1 saturated heterocycles. The summed E-state index contributed by atoms with van der Waals surface area (Å²) in [6.45, 7) is 6.21. The average molecular weight is 387 g/mol. The highest BCUT2D eigenvalue weighted by atomic mass is 32.2. The number of aryl methyl sites for hydroxylation is 2. The van der Waals surface area contributed by atoms with Crippen LogP contribution in [0.2, 0.25) is 0 Å². The highest BCUT2D eigenvalue weighted by Gasteiger charge is 2.29. The highest BCUT2D eigenvalue weighted by molar-refractivity contribution is 7.89. The number of carbonyl (C=O) groups excluding carboxylic acids is 1. The van der Waals surface area contributed by atoms with E-state index in [1.165, 1.54) is 9.87 Å². The van der Waals surface area contributed by atoms with Crippen molar-refractivity contribution in [3.63, 3.8) is 0 Å². The number of hydrogen-bond acceptors (Lipinski definition) is 4. The SMILES string of the molecule is CCc1ccc(C(=O)CN2CCN(S(=O)(=O)c3cccc(C)c3)CC2)cc1. The average Bonchev–Trinajstić information content (AvgIpc) is 2.68. The molecule has 27 heavy (non-hydrogen) atoms. The first kappa shape index (κ1) is 19.7. The maximum Gasteiger partial charge on any atom is 0.243 e. The zero-order valence-corrected chi connectivity index (χ0v) is 16.7. The van der Waals surface area contributed by atoms with Gasteiger partial charge in [-0.05, 0) is 36.6 Å². The van der Waals surface area contributed by atoms with E-state index in [0.29, 0.717) is 43.2 Å². The van der Waals surface area contributed by atoms with E-state index in [1.807, 2.05) is 42.2 Å². The van der Waals surface area contributed by atoms with Gasteiger partial charge in [-0.3, -0.25) is 9.69 Å². The van der Waals surface area contributed by atoms with Crippen molar-refractivity contribution < 1.29 is 13.2 Å². The van der Waals surface area contributed by atoms with Gasteiger partial charge in [-0.25, -0.2) is 8.42 Å². The predicted molar refractivity (Wildman–Crippen MR) is 107 cm³/mol. The third-order valence-electron chi connectivity index (χ3n) is 5.01. The highest BCUT2D eigenvalue weighted by Crippen LogP contribution is 2.19. The fourth-order valence-corrected chi connectivity index (χ4v) is 4.80. The van der Waals surface area contributed by atoms with Crippen molar-refractivity contribution in [1.29, 1.82) is 0 Å². The van der Waals surface area contributed by atoms with E-state index < -0.39 is 10.0 Å². The molecule has 0 atom stereocenters. The molecule has 0 bridgehead atoms. The van der Waals surface area contributed by atoms with E-state index in [2.05, 4.69) is 6.92 Å². The van der Waals surface area contributed by atoms with Gasteiger partial charge in [0.15, 0.2) is 5.78 Å². The number of hydrogen-bond donors (Lipinski definition) is 0. The molecule has 3 rings (SSSR count). The first-order valence-electron chi connectivity index (χ1n) is 9.31. The number of sulfonamides is 1. The second kappa shape index (κ2) is 8.33. The minimum absolute atomic E-state index is 0.0765. The third-order valence-corrected chi connectivity index (χ3v) is 6.90. The summed E-state index contributed by atoms with van der Waals surface area (Å²) in [5.74, 6) is 0.0765. The fourth-order valence-electron chi connectivity index (χ4n) is 3.27. The summed E-state index contributed by atoms with van der Waals surface area (Å²) < 4.78 is 27.1. The largest absolute Gasteiger partial charge is 0.293 e. The summed E-state index contributed by atoms with van der Waals surface area (Å²) in [6.07, 6.45) is 0.950. The summed E-state index contributed by atoms with van der Waals surface area (Å²) in [5.41, 5.74) is 2.85. The van der Waals surface area contributed by atoms with Crippen molar-refractivity contribution in [2.24, 2.45) is 0 Å². The van der Waals surface area contributed by atoms with Crippen LogP contribution in [0.15, 0.2) is 53.4 Å². The molecule has 5 nitrogen and oxygen atoms in total. The van der Waals surface area contributed by atoms with Gasteiger partial charge in [0.05, 0.1) is 11.4 Å². The Morgan fingerprint density at radius 1 is 1.00 bits per heavy atom. The summed E-state index contributed by atoms with van der Waals surface area (Å²) in [7, 11) is -3.47. The Kier molecular flexibility index (Phi) is 6.09. The molecular weight excluding hydrogens is 360 g/mol. The lowest BCUT2D eigenvalue weighted by Gasteiger charge is -2.33. The lowest BCUT2D eigenvalue weighted by atomic mass is 10.1. The van der Waals surface area contributed by atoms with Crippen LogP contribution in [0.4, 0.5) is 0 Å². The Balaban J connectivity index is 1.59. The summed E-state index contributed by atoms with van der Waals surface area (Å²) >= 11 is 0. The summed E-state index contributed by atoms with van der Waals surface area (Å²) in [6, 6.07) is 14.7. The molecule has 144 valence electrons. The Bertz CT molecular complexity index is 899. The number of carbonyl (C=O) groups is 1. The van der Waals surface area contributed by atoms with Crippen LogP contribution in [0.5, 0.6) is 0 Å². The fraction of sp³-hybridized carbons (Fsp3) is 0.381. The molecule has 0 unspecified atom stereocenters. The lowest BCUT2D eigenvalue weighted by molar-refractivity contribution is 0.0901. The van der Waals surface area contributed by atoms with Gasteiger partial charge in [0.1, 0.15) is 0 Å². The van der Waals surface area contributed by atoms with Crippen LogP contribution in [0.3, 0.4) is 0 Å². The molecule has 0 N–H and O–H groups in total. The molecule has 1 fully saturated rings. The van der Waals surface area contributed by atoms with Crippen LogP contribution >= 0.6 is 0 Å². The van der Waals surface area contributed by atoms with Crippen molar-refractivity contribution in [1.82, 2.24) is 9.21 Å². The van der Waals surface area contributed by atoms with E-state index in [0.717, 1.165) is 12.0 Å². The van der Waals surface area contributed by atoms with Gasteiger partial charge in [0.25, 0.3) is 0 Å². The molecule has 2 aromatic carbocycles. The topological polar surface area (TPSA) is 57.7 Å². The molecule has 0 saturated carbocycles. The van der Waals surface area contributed by atoms with Gasteiger partial charge in [-0.15, -0.1) is 0 Å². The van der Waals surface area contributed by atoms with Crippen LogP contribution < -0.4 is 0 Å². The first-order chi connectivity index (χ1) is 12.9. The van der Waals surface area contributed by atoms with Gasteiger partial charge < -0.3 is 0 Å². The molecule has 0 aliphatic carbocycles. The van der Waals surface area contributed by atoms with Crippen LogP contribution in [-0.2, 0) is 16.4 Å². The minimum atomic E-state index is -3.47. The molecule has 0 radical (unpaired) electrons. The smallest absolute Gasteiger partial charge is 0.243 e. The number of piperazine rings is 1. The van der Waals surface area contributed by atoms with Crippen LogP contribution in [0.25, 0.3) is 0 Å². The normalized spacial score (nSPS) is 16.4. The molecule has 2 aromatic rings. The minimum Gasteiger partial charge on any atom is -0.293 e. The van der Waals surface area contributed by atoms with Crippen LogP contribution in [0.1, 0.15) is 28.4 Å². The van der Waals surface area contributed by atoms with E-state index in [4.69, 9.17) is 0 Å². The number of Topliss-reactive ketones (excluding diaryl/α,β-unsaturated/α-hetero) is 1. The van der Waals surface area contributed by atoms with Crippen molar-refractivity contribution in [3.8, 4) is 0 Å². The van der Waals surface area contributed by atoms with Gasteiger partial charge in [0, 0.05) is 31.7 Å². The second-order valence-corrected chi connectivity index (χ2v) is 8.91. The monoisotopic (exact) mass is 386 g/mol. The Morgan fingerprint density at radius 3 is 2.26 bits per heavy atom. The van der Waals surface area contributed by atoms with Crippen LogP contribution in [-0.4, -0.2) is 56.1 Å². The quantitative estimate of drug-likeness (QED) is 0.717. The Hall–Kier alpha value is -2.02. The maximum atomic E-state index is 12.8. The predicted octanol–water partition coefficient (Wildman–Crippen LogP) is 2.75. The van der Waals surface area contributed by atoms with Crippen molar-refractivity contribution in [2.75, 3.05) is 32.7 Å². The molecule has 0 amide bonds. The molecule has 1 heterocycles. The van der Waals surface area contributed by atoms with E-state index in [1.54, 1.807) is 18.2 Å². The molecule has 0 spiro atoms. The van der Waals surface area contributed by atoms with Gasteiger partial charge in [-0.1, -0.05) is 43.3 Å². The van der Waals surface area contributed by atoms with Gasteiger partial charge in [-0.2, -0.15) is 4.31 Å². The molecule has 1 aliphatic heterocycles. The van der Waals surface area contributed by atoms with E-state index in [-0.39, 0.29) is 5.78 Å². The maximum absolute atomic E-state index is 12.8. The van der Waals surface area contributed by atoms with E-state index >= 15 is 0 Å². The Labute approximate surface area is 161 Å². The third kappa shape index (κ3) is 4.64. The second-order valence-electron chi connectivity index (χ2n) is 6.97. The number of ketones is 1. The summed E-state index contributed by atoms with van der Waals surface area (Å²) in [4.78, 5) is 14.8. The first-order valence-corrected chi connectivity index (χ1v) is 10.8. The van der Waals surface area contributed by atoms with Crippen molar-refractivity contribution in [2.45, 2.75) is 25.2 Å². The Morgan fingerprint density at radius 2 is 1.67 bits per heavy atom. The van der Waals surface area contributed by atoms with Crippen molar-refractivity contribution in [3.05, 3.63) is 65.2 Å². The molecule has 6 heteroatoms. The molecule has 1 aliphatic rings. The standard InChI is InChI=1S/C21H26N2O3S/c1-3-18-7-9-19(10-8-18)21(24)16-22-11-13-23(14-12-22)27(25,26)20-6-4-5-17(2)15-20/h4-10,15H,3,11-14,16H2,1-2H3. The van der Waals surface area contributed by atoms with E-state index in [9.17, 15) is 13.2 Å². The van der Waals surface area contributed by atoms with Crippen molar-refractivity contribution >= 4 is 15.8 Å². The molecular formula is C21H26N2O3S. The lowest BCUT2D eigenvalue weighted by Crippen LogP contribution is -2.49.